The standard InChI is InChI=1S/C10H16N4.2Al.2ClO.2ClH.2O/c1-11-3-5-13(9-11)7-8-14-6-4-12(2)10-14;;;2*1-2;;;;/h3-6,9-10H,7-8H2,1-2H3;;;;;2*1H;;/q+2;2*+1;2*-1;;;;/p-2. The van der Waals surface area contributed by atoms with Crippen LogP contribution in [0.4, 0.5) is 0 Å². The van der Waals surface area contributed by atoms with Gasteiger partial charge in [0, 0.05) is 0 Å². The van der Waals surface area contributed by atoms with Crippen LogP contribution in [-0.2, 0) is 41.5 Å². The molecule has 0 aromatic carbocycles. The number of hydrogen-bond donors (Lipinski definition) is 0. The van der Waals surface area contributed by atoms with E-state index in [1.807, 2.05) is 14.1 Å². The summed E-state index contributed by atoms with van der Waals surface area (Å²) in [4.78, 5) is 0. The number of hydrogen-bond acceptors (Lipinski definition) is 4. The molecule has 2 rings (SSSR count). The molecule has 0 fully saturated rings. The van der Waals surface area contributed by atoms with Crippen LogP contribution in [0.5, 0.6) is 0 Å². The lowest BCUT2D eigenvalue weighted by atomic mass is 10.6. The lowest BCUT2D eigenvalue weighted by molar-refractivity contribution is -0.777. The summed E-state index contributed by atoms with van der Waals surface area (Å²) in [5.74, 6) is 0. The van der Waals surface area contributed by atoms with Gasteiger partial charge >= 0.3 is 27.0 Å². The Balaban J connectivity index is 0.000000442. The van der Waals surface area contributed by atoms with Gasteiger partial charge in [0.05, 0.1) is 37.8 Å². The van der Waals surface area contributed by atoms with Crippen molar-refractivity contribution in [3.05, 3.63) is 37.4 Å². The predicted molar refractivity (Wildman–Crippen MR) is 89.7 cm³/mol. The Labute approximate surface area is 167 Å². The zero-order valence-electron chi connectivity index (χ0n) is 13.0. The largest absolute Gasteiger partial charge is 0.684 e. The molecule has 8 nitrogen and oxygen atoms in total. The summed E-state index contributed by atoms with van der Waals surface area (Å²) in [5.41, 5.74) is 0. The Bertz CT molecular complexity index is 586. The number of rotatable bonds is 5. The number of aryl methyl sites for hydroxylation is 4. The molecule has 2 heterocycles. The zero-order chi connectivity index (χ0) is 18.5. The van der Waals surface area contributed by atoms with Gasteiger partial charge < -0.3 is 34.4 Å². The summed E-state index contributed by atoms with van der Waals surface area (Å²) in [7, 11) is 13.5. The second kappa shape index (κ2) is 14.1. The molecule has 0 radical (unpaired) electrons. The minimum absolute atomic E-state index is 1.01. The number of imidazole rings is 2. The second-order valence-electron chi connectivity index (χ2n) is 4.36. The van der Waals surface area contributed by atoms with Gasteiger partial charge in [-0.1, -0.05) is 0 Å². The number of halogens is 4. The highest BCUT2D eigenvalue weighted by atomic mass is 35.6. The summed E-state index contributed by atoms with van der Waals surface area (Å²) in [6.07, 6.45) is 12.4. The van der Waals surface area contributed by atoms with E-state index in [0.717, 1.165) is 13.1 Å². The van der Waals surface area contributed by atoms with Crippen molar-refractivity contribution < 1.29 is 23.4 Å². The first kappa shape index (κ1) is 23.8. The highest BCUT2D eigenvalue weighted by molar-refractivity contribution is 6.95. The van der Waals surface area contributed by atoms with Gasteiger partial charge in [0.25, 0.3) is 0 Å². The molecule has 0 aliphatic heterocycles. The predicted octanol–water partition coefficient (Wildman–Crippen LogP) is 1.26. The van der Waals surface area contributed by atoms with Crippen molar-refractivity contribution in [3.63, 3.8) is 0 Å². The normalized spacial score (nSPS) is 9.08. The molecule has 0 N–H and O–H groups in total. The fraction of sp³-hybridized carbons (Fsp3) is 0.400. The summed E-state index contributed by atoms with van der Waals surface area (Å²) < 4.78 is 34.5. The third-order valence-electron chi connectivity index (χ3n) is 2.40. The fourth-order valence-corrected chi connectivity index (χ4v) is 1.50. The van der Waals surface area contributed by atoms with Crippen molar-refractivity contribution in [2.45, 2.75) is 13.1 Å². The van der Waals surface area contributed by atoms with Crippen molar-refractivity contribution in [1.82, 2.24) is 9.13 Å². The molecule has 0 atom stereocenters. The van der Waals surface area contributed by atoms with Gasteiger partial charge in [0.15, 0.2) is 0 Å². The monoisotopic (exact) mass is 450 g/mol. The molecule has 14 heteroatoms. The van der Waals surface area contributed by atoms with Crippen molar-refractivity contribution in [1.29, 1.82) is 0 Å². The van der Waals surface area contributed by atoms with E-state index in [9.17, 15) is 7.61 Å². The number of aromatic nitrogens is 4. The minimum atomic E-state index is -2.66. The molecule has 0 saturated carbocycles. The van der Waals surface area contributed by atoms with Crippen LogP contribution in [0.1, 0.15) is 0 Å². The lowest BCUT2D eigenvalue weighted by Crippen LogP contribution is -2.42. The molecule has 0 saturated heterocycles. The van der Waals surface area contributed by atoms with Gasteiger partial charge in [-0.05, 0) is 0 Å². The van der Waals surface area contributed by atoms with E-state index in [1.165, 1.54) is 0 Å². The average molecular weight is 452 g/mol. The van der Waals surface area contributed by atoms with Gasteiger partial charge in [0.2, 0.25) is 12.7 Å². The van der Waals surface area contributed by atoms with E-state index in [1.54, 1.807) is 0 Å². The van der Waals surface area contributed by atoms with E-state index in [2.05, 4.69) is 86.1 Å². The molecular weight excluding hydrogens is 436 g/mol. The topological polar surface area (TPSA) is 70.2 Å². The Morgan fingerprint density at radius 2 is 1.17 bits per heavy atom. The highest BCUT2D eigenvalue weighted by Crippen LogP contribution is 1.82. The maximum atomic E-state index is 9.45. The molecule has 0 aliphatic rings. The van der Waals surface area contributed by atoms with Gasteiger partial charge in [-0.2, -0.15) is 0 Å². The van der Waals surface area contributed by atoms with Gasteiger partial charge in [-0.15, -0.1) is 0 Å². The Hall–Kier alpha value is -0.155. The first-order valence-corrected chi connectivity index (χ1v) is 12.4. The minimum Gasteiger partial charge on any atom is -0.684 e. The van der Waals surface area contributed by atoms with Crippen molar-refractivity contribution in [2.75, 3.05) is 0 Å². The third kappa shape index (κ3) is 13.2. The van der Waals surface area contributed by atoms with Crippen LogP contribution in [0, 0.1) is 0 Å². The highest BCUT2D eigenvalue weighted by Gasteiger charge is 2.03. The molecule has 2 aromatic heterocycles. The summed E-state index contributed by atoms with van der Waals surface area (Å²) >= 11 is 3.58. The molecule has 0 spiro atoms. The van der Waals surface area contributed by atoms with E-state index in [4.69, 9.17) is 20.1 Å². The van der Waals surface area contributed by atoms with Crippen LogP contribution >= 0.6 is 43.8 Å². The number of nitrogens with zero attached hydrogens (tertiary/aromatic N) is 4. The molecule has 0 amide bonds. The molecular formula is C10H16Al2Cl4N4O4. The van der Waals surface area contributed by atoms with E-state index >= 15 is 0 Å². The van der Waals surface area contributed by atoms with Crippen LogP contribution in [0.2, 0.25) is 0 Å². The average Bonchev–Trinajstić information content (AvgIpc) is 3.14. The van der Waals surface area contributed by atoms with Gasteiger partial charge in [-0.3, -0.25) is 0 Å². The Kier molecular flexibility index (Phi) is 14.0. The molecule has 0 unspecified atom stereocenters. The van der Waals surface area contributed by atoms with Crippen LogP contribution in [-0.4, -0.2) is 36.1 Å². The van der Waals surface area contributed by atoms with Crippen molar-refractivity contribution >= 4 is 70.8 Å². The summed E-state index contributed by atoms with van der Waals surface area (Å²) in [6.45, 7) is 2.02. The maximum Gasteiger partial charge on any atom is 0.641 e. The molecule has 2 aromatic rings. The van der Waals surface area contributed by atoms with E-state index < -0.39 is 27.0 Å². The smallest absolute Gasteiger partial charge is 0.641 e. The zero-order valence-corrected chi connectivity index (χ0v) is 18.3. The lowest BCUT2D eigenvalue weighted by Gasteiger charge is -1.92. The van der Waals surface area contributed by atoms with Gasteiger partial charge in [0.1, 0.15) is 37.9 Å². The Morgan fingerprint density at radius 3 is 1.33 bits per heavy atom. The SMILES string of the molecule is Cn1cc[n+](CC[n+]2ccn(C)c2)c1.[O]=[Al-]([Cl])[O]Cl.[O]=[Al-]([Cl])[O]Cl. The van der Waals surface area contributed by atoms with Crippen LogP contribution in [0.3, 0.4) is 0 Å². The van der Waals surface area contributed by atoms with Crippen LogP contribution < -0.4 is 9.13 Å². The van der Waals surface area contributed by atoms with Crippen LogP contribution in [0.15, 0.2) is 37.4 Å². The quantitative estimate of drug-likeness (QED) is 0.507. The molecule has 0 bridgehead atoms. The molecule has 134 valence electrons. The maximum absolute atomic E-state index is 9.45. The molecule has 0 aliphatic carbocycles. The summed E-state index contributed by atoms with van der Waals surface area (Å²) in [5, 5.41) is 0. The Morgan fingerprint density at radius 1 is 0.875 bits per heavy atom. The van der Waals surface area contributed by atoms with Crippen molar-refractivity contribution in [3.8, 4) is 0 Å². The van der Waals surface area contributed by atoms with Crippen molar-refractivity contribution in [2.24, 2.45) is 14.1 Å². The summed E-state index contributed by atoms with van der Waals surface area (Å²) in [6, 6.07) is 0. The van der Waals surface area contributed by atoms with E-state index in [0.29, 0.717) is 0 Å². The third-order valence-corrected chi connectivity index (χ3v) is 4.74. The van der Waals surface area contributed by atoms with E-state index in [-0.39, 0.29) is 0 Å². The second-order valence-corrected chi connectivity index (χ2v) is 9.02. The molecule has 24 heavy (non-hydrogen) atoms. The van der Waals surface area contributed by atoms with Crippen LogP contribution in [0.25, 0.3) is 0 Å². The van der Waals surface area contributed by atoms with Gasteiger partial charge in [-0.25, -0.2) is 18.3 Å². The first-order chi connectivity index (χ1) is 11.3. The first-order valence-electron chi connectivity index (χ1n) is 6.45. The fourth-order valence-electron chi connectivity index (χ4n) is 1.50.